The number of nitrogens with zero attached hydrogens (tertiary/aromatic N) is 1. The summed E-state index contributed by atoms with van der Waals surface area (Å²) in [5.41, 5.74) is 5.94. The van der Waals surface area contributed by atoms with E-state index in [1.54, 1.807) is 6.07 Å². The number of pyridine rings is 1. The van der Waals surface area contributed by atoms with Gasteiger partial charge in [0.15, 0.2) is 0 Å². The maximum atomic E-state index is 13.3. The molecule has 0 saturated heterocycles. The number of hydrogen-bond donors (Lipinski definition) is 2. The Hall–Kier alpha value is -3.14. The Labute approximate surface area is 159 Å². The average Bonchev–Trinajstić information content (AvgIpc) is 2.73. The van der Waals surface area contributed by atoms with Crippen molar-refractivity contribution in [3.8, 4) is 0 Å². The van der Waals surface area contributed by atoms with Crippen molar-refractivity contribution in [2.45, 2.75) is 19.4 Å². The van der Waals surface area contributed by atoms with Crippen LogP contribution in [0.1, 0.15) is 35.2 Å². The number of nitrogens with one attached hydrogen (secondary N) is 2. The Morgan fingerprint density at radius 2 is 2.04 bits per heavy atom. The molecule has 136 valence electrons. The van der Waals surface area contributed by atoms with E-state index in [1.807, 2.05) is 0 Å². The maximum absolute atomic E-state index is 13.3. The third-order valence-electron chi connectivity index (χ3n) is 4.89. The smallest absolute Gasteiger partial charge is 0.141 e. The third kappa shape index (κ3) is 3.70. The van der Waals surface area contributed by atoms with E-state index < -0.39 is 0 Å². The molecule has 3 aromatic rings. The van der Waals surface area contributed by atoms with Gasteiger partial charge in [0.1, 0.15) is 11.6 Å². The molecule has 4 heteroatoms. The van der Waals surface area contributed by atoms with E-state index in [-0.39, 0.29) is 11.9 Å². The molecule has 4 rings (SSSR count). The van der Waals surface area contributed by atoms with Crippen molar-refractivity contribution in [1.29, 1.82) is 0 Å². The fraction of sp³-hybridized carbons (Fsp3) is 0.174. The number of benzene rings is 2. The molecule has 0 aliphatic carbocycles. The summed E-state index contributed by atoms with van der Waals surface area (Å²) in [5, 5.41) is 6.93. The van der Waals surface area contributed by atoms with Gasteiger partial charge in [-0.3, -0.25) is 0 Å². The van der Waals surface area contributed by atoms with E-state index in [0.29, 0.717) is 5.82 Å². The van der Waals surface area contributed by atoms with Crippen molar-refractivity contribution in [3.63, 3.8) is 0 Å². The molecule has 1 atom stereocenters. The van der Waals surface area contributed by atoms with Gasteiger partial charge in [-0.25, -0.2) is 9.37 Å². The van der Waals surface area contributed by atoms with Crippen molar-refractivity contribution in [2.24, 2.45) is 0 Å². The Balaban J connectivity index is 1.78. The van der Waals surface area contributed by atoms with Crippen LogP contribution in [0.2, 0.25) is 0 Å². The van der Waals surface area contributed by atoms with Gasteiger partial charge in [0, 0.05) is 12.2 Å². The highest BCUT2D eigenvalue weighted by molar-refractivity contribution is 5.71. The third-order valence-corrected chi connectivity index (χ3v) is 4.89. The number of anilines is 2. The van der Waals surface area contributed by atoms with Gasteiger partial charge >= 0.3 is 0 Å². The topological polar surface area (TPSA) is 37.0 Å². The van der Waals surface area contributed by atoms with Crippen LogP contribution in [0.3, 0.4) is 0 Å². The molecule has 1 aliphatic rings. The Kier molecular flexibility index (Phi) is 4.88. The zero-order valence-electron chi connectivity index (χ0n) is 15.2. The lowest BCUT2D eigenvalue weighted by atomic mass is 9.92. The fourth-order valence-corrected chi connectivity index (χ4v) is 3.49. The molecular weight excluding hydrogens is 337 g/mol. The number of halogens is 1. The molecule has 0 bridgehead atoms. The molecule has 0 spiro atoms. The van der Waals surface area contributed by atoms with Gasteiger partial charge in [-0.1, -0.05) is 55.5 Å². The molecule has 3 nitrogen and oxygen atoms in total. The van der Waals surface area contributed by atoms with E-state index in [0.717, 1.165) is 24.2 Å². The Bertz CT molecular complexity index is 964. The Morgan fingerprint density at radius 3 is 2.85 bits per heavy atom. The van der Waals surface area contributed by atoms with Crippen LogP contribution in [0.5, 0.6) is 0 Å². The summed E-state index contributed by atoms with van der Waals surface area (Å²) in [6.45, 7) is 2.99. The lowest BCUT2D eigenvalue weighted by molar-refractivity contribution is 0.621. The largest absolute Gasteiger partial charge is 0.381 e. The summed E-state index contributed by atoms with van der Waals surface area (Å²) in [6, 6.07) is 17.9. The maximum Gasteiger partial charge on any atom is 0.141 e. The number of aromatic nitrogens is 1. The first-order valence-corrected chi connectivity index (χ1v) is 9.25. The molecule has 0 fully saturated rings. The lowest BCUT2D eigenvalue weighted by Crippen LogP contribution is -2.16. The van der Waals surface area contributed by atoms with Crippen LogP contribution in [-0.2, 0) is 6.42 Å². The van der Waals surface area contributed by atoms with Crippen molar-refractivity contribution in [2.75, 3.05) is 17.2 Å². The van der Waals surface area contributed by atoms with E-state index in [9.17, 15) is 4.39 Å². The monoisotopic (exact) mass is 359 g/mol. The molecule has 1 aliphatic heterocycles. The molecule has 2 aromatic carbocycles. The quantitative estimate of drug-likeness (QED) is 0.638. The van der Waals surface area contributed by atoms with Crippen molar-refractivity contribution in [1.82, 2.24) is 4.98 Å². The molecule has 0 radical (unpaired) electrons. The van der Waals surface area contributed by atoms with E-state index in [4.69, 9.17) is 0 Å². The van der Waals surface area contributed by atoms with Crippen LogP contribution in [0.4, 0.5) is 15.9 Å². The first-order valence-electron chi connectivity index (χ1n) is 9.25. The minimum Gasteiger partial charge on any atom is -0.381 e. The predicted molar refractivity (Wildman–Crippen MR) is 109 cm³/mol. The van der Waals surface area contributed by atoms with E-state index >= 15 is 0 Å². The standard InChI is InChI=1S/C23H22FN3/c1-2-16-6-3-4-8-20(16)23(27-22-12-11-19(24)15-26-22)18-10-9-17-7-5-13-25-21(17)14-18/h3-12,14-15,23,25H,2,13H2,1H3,(H,26,27). The van der Waals surface area contributed by atoms with Crippen LogP contribution >= 0.6 is 0 Å². The van der Waals surface area contributed by atoms with Crippen LogP contribution in [0, 0.1) is 5.82 Å². The van der Waals surface area contributed by atoms with Crippen molar-refractivity contribution >= 4 is 17.6 Å². The summed E-state index contributed by atoms with van der Waals surface area (Å²) < 4.78 is 13.3. The molecule has 0 amide bonds. The Morgan fingerprint density at radius 1 is 1.15 bits per heavy atom. The molecule has 1 aromatic heterocycles. The molecule has 2 heterocycles. The molecule has 1 unspecified atom stereocenters. The van der Waals surface area contributed by atoms with Crippen molar-refractivity contribution in [3.05, 3.63) is 94.9 Å². The van der Waals surface area contributed by atoms with Crippen LogP contribution < -0.4 is 10.6 Å². The second-order valence-corrected chi connectivity index (χ2v) is 6.62. The van der Waals surface area contributed by atoms with Gasteiger partial charge in [0.05, 0.1) is 12.2 Å². The van der Waals surface area contributed by atoms with Gasteiger partial charge in [-0.05, 0) is 46.9 Å². The normalized spacial score (nSPS) is 13.6. The first-order chi connectivity index (χ1) is 13.2. The van der Waals surface area contributed by atoms with Gasteiger partial charge < -0.3 is 10.6 Å². The summed E-state index contributed by atoms with van der Waals surface area (Å²) in [4.78, 5) is 4.20. The van der Waals surface area contributed by atoms with Crippen LogP contribution in [0.25, 0.3) is 6.08 Å². The summed E-state index contributed by atoms with van der Waals surface area (Å²) in [6.07, 6.45) is 6.44. The molecule has 27 heavy (non-hydrogen) atoms. The predicted octanol–water partition coefficient (Wildman–Crippen LogP) is 5.42. The summed E-state index contributed by atoms with van der Waals surface area (Å²) >= 11 is 0. The second kappa shape index (κ2) is 7.62. The van der Waals surface area contributed by atoms with Gasteiger partial charge in [0.25, 0.3) is 0 Å². The van der Waals surface area contributed by atoms with Crippen molar-refractivity contribution < 1.29 is 4.39 Å². The zero-order chi connectivity index (χ0) is 18.6. The fourth-order valence-electron chi connectivity index (χ4n) is 3.49. The molecule has 0 saturated carbocycles. The van der Waals surface area contributed by atoms with Gasteiger partial charge in [-0.2, -0.15) is 0 Å². The van der Waals surface area contributed by atoms with Crippen LogP contribution in [-0.4, -0.2) is 11.5 Å². The molecule has 2 N–H and O–H groups in total. The minimum atomic E-state index is -0.337. The first kappa shape index (κ1) is 17.3. The second-order valence-electron chi connectivity index (χ2n) is 6.62. The van der Waals surface area contributed by atoms with E-state index in [2.05, 4.69) is 77.2 Å². The SMILES string of the molecule is CCc1ccccc1C(Nc1ccc(F)cn1)c1ccc2c(c1)NCC=C2. The zero-order valence-corrected chi connectivity index (χ0v) is 15.2. The van der Waals surface area contributed by atoms with Gasteiger partial charge in [0.2, 0.25) is 0 Å². The van der Waals surface area contributed by atoms with E-state index in [1.165, 1.54) is 29.0 Å². The number of hydrogen-bond acceptors (Lipinski definition) is 3. The number of rotatable bonds is 5. The highest BCUT2D eigenvalue weighted by Crippen LogP contribution is 2.32. The molecular formula is C23H22FN3. The number of fused-ring (bicyclic) bond motifs is 1. The average molecular weight is 359 g/mol. The number of aryl methyl sites for hydroxylation is 1. The minimum absolute atomic E-state index is 0.0721. The highest BCUT2D eigenvalue weighted by atomic mass is 19.1. The summed E-state index contributed by atoms with van der Waals surface area (Å²) in [5.74, 6) is 0.314. The highest BCUT2D eigenvalue weighted by Gasteiger charge is 2.19. The van der Waals surface area contributed by atoms with Gasteiger partial charge in [-0.15, -0.1) is 0 Å². The van der Waals surface area contributed by atoms with Crippen LogP contribution in [0.15, 0.2) is 66.9 Å². The summed E-state index contributed by atoms with van der Waals surface area (Å²) in [7, 11) is 0. The lowest BCUT2D eigenvalue weighted by Gasteiger charge is -2.24.